The van der Waals surface area contributed by atoms with E-state index in [1.54, 1.807) is 6.92 Å². The number of hydrogen-bond acceptors (Lipinski definition) is 7. The van der Waals surface area contributed by atoms with Crippen molar-refractivity contribution in [1.82, 2.24) is 19.8 Å². The number of carbonyl (C=O) groups is 1. The predicted molar refractivity (Wildman–Crippen MR) is 139 cm³/mol. The van der Waals surface area contributed by atoms with Gasteiger partial charge in [0.2, 0.25) is 5.91 Å². The molecule has 1 aromatic carbocycles. The lowest BCUT2D eigenvalue weighted by atomic mass is 9.99. The van der Waals surface area contributed by atoms with Crippen LogP contribution in [0.15, 0.2) is 18.2 Å². The third-order valence-electron chi connectivity index (χ3n) is 7.83. The number of nitrogens with zero attached hydrogens (tertiary/aromatic N) is 4. The van der Waals surface area contributed by atoms with Crippen molar-refractivity contribution in [3.63, 3.8) is 0 Å². The molecule has 3 heterocycles. The molecule has 2 aromatic rings. The van der Waals surface area contributed by atoms with Crippen LogP contribution in [0.1, 0.15) is 60.4 Å². The quantitative estimate of drug-likeness (QED) is 0.510. The number of hydrogen-bond donors (Lipinski definition) is 1. The maximum Gasteiger partial charge on any atom is 0.266 e. The molecule has 2 atom stereocenters. The molecule has 2 saturated heterocycles. The van der Waals surface area contributed by atoms with Gasteiger partial charge >= 0.3 is 0 Å². The Morgan fingerprint density at radius 2 is 1.74 bits per heavy atom. The van der Waals surface area contributed by atoms with Gasteiger partial charge in [-0.05, 0) is 32.1 Å². The van der Waals surface area contributed by atoms with Crippen molar-refractivity contribution in [1.29, 1.82) is 0 Å². The lowest BCUT2D eigenvalue weighted by Crippen LogP contribution is -2.40. The highest BCUT2D eigenvalue weighted by atomic mass is 19.3. The van der Waals surface area contributed by atoms with Crippen LogP contribution in [0.5, 0.6) is 0 Å². The van der Waals surface area contributed by atoms with Crippen molar-refractivity contribution in [2.45, 2.75) is 51.6 Å². The van der Waals surface area contributed by atoms with E-state index in [1.165, 1.54) is 12.1 Å². The molecule has 2 fully saturated rings. The molecule has 0 bridgehead atoms. The molecule has 0 saturated carbocycles. The Morgan fingerprint density at radius 1 is 1.05 bits per heavy atom. The molecule has 1 amide bonds. The molecule has 1 aliphatic carbocycles. The Labute approximate surface area is 226 Å². The fourth-order valence-corrected chi connectivity index (χ4v) is 5.61. The summed E-state index contributed by atoms with van der Waals surface area (Å²) in [5.41, 5.74) is 1.46. The van der Waals surface area contributed by atoms with Crippen LogP contribution < -0.4 is 5.32 Å². The lowest BCUT2D eigenvalue weighted by molar-refractivity contribution is -0.135. The zero-order chi connectivity index (χ0) is 27.4. The SMILES string of the molecule is C[C@@H](Nc1nc(CN2CCOCC2)nc2c1CC(CCC(=O)N1CCOCC1)C2)c1cccc(C(F)F)c1F. The van der Waals surface area contributed by atoms with Crippen LogP contribution in [-0.2, 0) is 33.7 Å². The maximum atomic E-state index is 14.9. The zero-order valence-corrected chi connectivity index (χ0v) is 22.3. The molecule has 39 heavy (non-hydrogen) atoms. The first-order valence-electron chi connectivity index (χ1n) is 13.8. The third kappa shape index (κ3) is 6.70. The second-order valence-electron chi connectivity index (χ2n) is 10.5. The standard InChI is InChI=1S/C28H36F3N5O3/c1-18(20-3-2-4-21(26(20)29)27(30)31)32-28-22-15-19(5-6-25(37)36-9-13-39-14-10-36)16-23(22)33-24(34-28)17-35-7-11-38-12-8-35/h2-4,18-19,27H,5-17H2,1H3,(H,32,33,34)/t18-,19?/m1/s1. The number of rotatable bonds is 9. The number of alkyl halides is 2. The highest BCUT2D eigenvalue weighted by molar-refractivity contribution is 5.76. The topological polar surface area (TPSA) is 79.8 Å². The number of amides is 1. The van der Waals surface area contributed by atoms with Gasteiger partial charge in [0, 0.05) is 49.4 Å². The summed E-state index contributed by atoms with van der Waals surface area (Å²) < 4.78 is 52.4. The molecular weight excluding hydrogens is 511 g/mol. The first-order chi connectivity index (χ1) is 18.9. The summed E-state index contributed by atoms with van der Waals surface area (Å²) in [5, 5.41) is 3.31. The van der Waals surface area contributed by atoms with Crippen molar-refractivity contribution in [2.75, 3.05) is 57.9 Å². The van der Waals surface area contributed by atoms with E-state index in [-0.39, 0.29) is 17.4 Å². The molecule has 3 aliphatic rings. The van der Waals surface area contributed by atoms with E-state index in [2.05, 4.69) is 10.2 Å². The van der Waals surface area contributed by atoms with E-state index in [1.807, 2.05) is 4.90 Å². The summed E-state index contributed by atoms with van der Waals surface area (Å²) in [4.78, 5) is 26.5. The molecule has 1 unspecified atom stereocenters. The maximum absolute atomic E-state index is 14.9. The van der Waals surface area contributed by atoms with E-state index in [9.17, 15) is 18.0 Å². The van der Waals surface area contributed by atoms with Crippen LogP contribution in [0.2, 0.25) is 0 Å². The number of carbonyl (C=O) groups excluding carboxylic acids is 1. The first kappa shape index (κ1) is 27.8. The molecule has 11 heteroatoms. The van der Waals surface area contributed by atoms with Crippen molar-refractivity contribution in [3.8, 4) is 0 Å². The van der Waals surface area contributed by atoms with Crippen LogP contribution in [-0.4, -0.2) is 78.3 Å². The van der Waals surface area contributed by atoms with E-state index < -0.39 is 23.8 Å². The Morgan fingerprint density at radius 3 is 2.46 bits per heavy atom. The molecule has 0 radical (unpaired) electrons. The molecule has 212 valence electrons. The molecular formula is C28H36F3N5O3. The van der Waals surface area contributed by atoms with Gasteiger partial charge in [-0.1, -0.05) is 18.2 Å². The Hall–Kier alpha value is -2.76. The van der Waals surface area contributed by atoms with Crippen LogP contribution >= 0.6 is 0 Å². The number of ether oxygens (including phenoxy) is 2. The summed E-state index contributed by atoms with van der Waals surface area (Å²) in [6.07, 6.45) is -0.231. The second-order valence-corrected chi connectivity index (χ2v) is 10.5. The van der Waals surface area contributed by atoms with Crippen molar-refractivity contribution in [3.05, 3.63) is 52.2 Å². The molecule has 1 aromatic heterocycles. The van der Waals surface area contributed by atoms with Crippen LogP contribution in [0, 0.1) is 11.7 Å². The Kier molecular flexibility index (Phi) is 8.99. The van der Waals surface area contributed by atoms with E-state index in [0.717, 1.165) is 43.3 Å². The summed E-state index contributed by atoms with van der Waals surface area (Å²) in [6.45, 7) is 7.64. The number of nitrogens with one attached hydrogen (secondary N) is 1. The van der Waals surface area contributed by atoms with Gasteiger partial charge in [0.05, 0.1) is 44.6 Å². The summed E-state index contributed by atoms with van der Waals surface area (Å²) in [7, 11) is 0. The van der Waals surface area contributed by atoms with Crippen LogP contribution in [0.4, 0.5) is 19.0 Å². The highest BCUT2D eigenvalue weighted by Gasteiger charge is 2.30. The average molecular weight is 548 g/mol. The molecule has 8 nitrogen and oxygen atoms in total. The van der Waals surface area contributed by atoms with Gasteiger partial charge in [0.15, 0.2) is 0 Å². The number of anilines is 1. The van der Waals surface area contributed by atoms with Crippen molar-refractivity contribution >= 4 is 11.7 Å². The monoisotopic (exact) mass is 547 g/mol. The highest BCUT2D eigenvalue weighted by Crippen LogP contribution is 2.35. The predicted octanol–water partition coefficient (Wildman–Crippen LogP) is 3.91. The average Bonchev–Trinajstić information content (AvgIpc) is 3.36. The summed E-state index contributed by atoms with van der Waals surface area (Å²) >= 11 is 0. The number of benzene rings is 1. The molecule has 5 rings (SSSR count). The summed E-state index contributed by atoms with van der Waals surface area (Å²) in [5.74, 6) is 0.769. The number of fused-ring (bicyclic) bond motifs is 1. The minimum atomic E-state index is -2.89. The van der Waals surface area contributed by atoms with E-state index in [4.69, 9.17) is 19.4 Å². The fraction of sp³-hybridized carbons (Fsp3) is 0.607. The van der Waals surface area contributed by atoms with Crippen molar-refractivity contribution in [2.24, 2.45) is 5.92 Å². The number of halogens is 3. The molecule has 1 N–H and O–H groups in total. The van der Waals surface area contributed by atoms with Gasteiger partial charge in [-0.15, -0.1) is 0 Å². The summed E-state index contributed by atoms with van der Waals surface area (Å²) in [6, 6.07) is 3.51. The fourth-order valence-electron chi connectivity index (χ4n) is 5.61. The van der Waals surface area contributed by atoms with Crippen molar-refractivity contribution < 1.29 is 27.4 Å². The van der Waals surface area contributed by atoms with Gasteiger partial charge in [0.1, 0.15) is 17.5 Å². The molecule has 2 aliphatic heterocycles. The van der Waals surface area contributed by atoms with Crippen LogP contribution in [0.3, 0.4) is 0 Å². The largest absolute Gasteiger partial charge is 0.379 e. The van der Waals surface area contributed by atoms with Gasteiger partial charge in [0.25, 0.3) is 6.43 Å². The zero-order valence-electron chi connectivity index (χ0n) is 22.3. The van der Waals surface area contributed by atoms with Gasteiger partial charge in [-0.25, -0.2) is 23.1 Å². The van der Waals surface area contributed by atoms with Gasteiger partial charge in [-0.3, -0.25) is 9.69 Å². The lowest BCUT2D eigenvalue weighted by Gasteiger charge is -2.27. The Balaban J connectivity index is 1.34. The normalized spacial score (nSPS) is 20.7. The minimum absolute atomic E-state index is 0.148. The van der Waals surface area contributed by atoms with Gasteiger partial charge < -0.3 is 19.7 Å². The minimum Gasteiger partial charge on any atom is -0.379 e. The number of morpholine rings is 2. The molecule has 0 spiro atoms. The van der Waals surface area contributed by atoms with Gasteiger partial charge in [-0.2, -0.15) is 0 Å². The smallest absolute Gasteiger partial charge is 0.266 e. The number of aromatic nitrogens is 2. The first-order valence-corrected chi connectivity index (χ1v) is 13.8. The van der Waals surface area contributed by atoms with E-state index >= 15 is 0 Å². The third-order valence-corrected chi connectivity index (χ3v) is 7.83. The Bertz CT molecular complexity index is 1160. The second kappa shape index (κ2) is 12.6. The van der Waals surface area contributed by atoms with E-state index in [0.29, 0.717) is 70.5 Å². The van der Waals surface area contributed by atoms with Crippen LogP contribution in [0.25, 0.3) is 0 Å².